The van der Waals surface area contributed by atoms with Crippen molar-refractivity contribution in [3.8, 4) is 0 Å². The highest BCUT2D eigenvalue weighted by Crippen LogP contribution is 2.30. The Morgan fingerprint density at radius 2 is 1.90 bits per heavy atom. The molecule has 0 unspecified atom stereocenters. The van der Waals surface area contributed by atoms with Crippen molar-refractivity contribution in [3.05, 3.63) is 29.8 Å². The summed E-state index contributed by atoms with van der Waals surface area (Å²) in [5.41, 5.74) is 1.33. The molecule has 2 fully saturated rings. The monoisotopic (exact) mass is 288 g/mol. The molecule has 0 aromatic heterocycles. The predicted molar refractivity (Wildman–Crippen MR) is 79.1 cm³/mol. The number of rotatable bonds is 5. The Kier molecular flexibility index (Phi) is 4.20. The Hall–Kier alpha value is -1.88. The van der Waals surface area contributed by atoms with E-state index in [0.717, 1.165) is 38.0 Å². The summed E-state index contributed by atoms with van der Waals surface area (Å²) in [4.78, 5) is 23.6. The third-order valence-corrected chi connectivity index (χ3v) is 3.88. The summed E-state index contributed by atoms with van der Waals surface area (Å²) in [5, 5.41) is 5.73. The number of benzene rings is 1. The van der Waals surface area contributed by atoms with Crippen LogP contribution in [-0.4, -0.2) is 31.1 Å². The van der Waals surface area contributed by atoms with E-state index in [9.17, 15) is 9.59 Å². The minimum Gasteiger partial charge on any atom is -0.376 e. The molecule has 1 aliphatic heterocycles. The fourth-order valence-corrected chi connectivity index (χ4v) is 2.41. The normalized spacial score (nSPS) is 21.0. The van der Waals surface area contributed by atoms with Crippen LogP contribution in [0.4, 0.5) is 5.69 Å². The quantitative estimate of drug-likeness (QED) is 0.870. The van der Waals surface area contributed by atoms with E-state index in [4.69, 9.17) is 4.74 Å². The number of anilines is 1. The van der Waals surface area contributed by atoms with E-state index in [1.165, 1.54) is 0 Å². The van der Waals surface area contributed by atoms with Gasteiger partial charge in [-0.1, -0.05) is 0 Å². The highest BCUT2D eigenvalue weighted by molar-refractivity contribution is 5.96. The van der Waals surface area contributed by atoms with Crippen LogP contribution in [0.2, 0.25) is 0 Å². The lowest BCUT2D eigenvalue weighted by atomic mass is 10.2. The second-order valence-corrected chi connectivity index (χ2v) is 5.69. The number of amides is 2. The van der Waals surface area contributed by atoms with Crippen molar-refractivity contribution < 1.29 is 14.3 Å². The van der Waals surface area contributed by atoms with Crippen molar-refractivity contribution in [3.63, 3.8) is 0 Å². The number of hydrogen-bond acceptors (Lipinski definition) is 3. The Bertz CT molecular complexity index is 517. The van der Waals surface area contributed by atoms with Gasteiger partial charge in [-0.3, -0.25) is 9.59 Å². The van der Waals surface area contributed by atoms with Crippen LogP contribution in [0.5, 0.6) is 0 Å². The van der Waals surface area contributed by atoms with E-state index in [2.05, 4.69) is 10.6 Å². The van der Waals surface area contributed by atoms with Crippen LogP contribution in [0.3, 0.4) is 0 Å². The highest BCUT2D eigenvalue weighted by Gasteiger charge is 2.29. The van der Waals surface area contributed by atoms with E-state index in [1.54, 1.807) is 24.3 Å². The first-order valence-electron chi connectivity index (χ1n) is 7.53. The first-order chi connectivity index (χ1) is 10.2. The second kappa shape index (κ2) is 6.26. The molecule has 0 bridgehead atoms. The molecule has 1 aromatic carbocycles. The lowest BCUT2D eigenvalue weighted by Gasteiger charge is -2.11. The summed E-state index contributed by atoms with van der Waals surface area (Å²) in [6.07, 6.45) is 4.18. The number of hydrogen-bond donors (Lipinski definition) is 2. The first-order valence-corrected chi connectivity index (χ1v) is 7.53. The van der Waals surface area contributed by atoms with Gasteiger partial charge in [0, 0.05) is 30.3 Å². The third-order valence-electron chi connectivity index (χ3n) is 3.88. The van der Waals surface area contributed by atoms with Gasteiger partial charge in [0.15, 0.2) is 0 Å². The van der Waals surface area contributed by atoms with Gasteiger partial charge in [0.1, 0.15) is 0 Å². The molecule has 3 rings (SSSR count). The lowest BCUT2D eigenvalue weighted by molar-refractivity contribution is -0.117. The van der Waals surface area contributed by atoms with Crippen LogP contribution >= 0.6 is 0 Å². The van der Waals surface area contributed by atoms with E-state index in [1.807, 2.05) is 0 Å². The Morgan fingerprint density at radius 1 is 1.14 bits per heavy atom. The molecule has 112 valence electrons. The van der Waals surface area contributed by atoms with Gasteiger partial charge >= 0.3 is 0 Å². The van der Waals surface area contributed by atoms with Crippen LogP contribution in [0.25, 0.3) is 0 Å². The molecule has 21 heavy (non-hydrogen) atoms. The fourth-order valence-electron chi connectivity index (χ4n) is 2.41. The van der Waals surface area contributed by atoms with Gasteiger partial charge in [0.05, 0.1) is 6.10 Å². The third kappa shape index (κ3) is 3.82. The van der Waals surface area contributed by atoms with Crippen molar-refractivity contribution in [1.29, 1.82) is 0 Å². The summed E-state index contributed by atoms with van der Waals surface area (Å²) in [6.45, 7) is 1.34. The van der Waals surface area contributed by atoms with Crippen molar-refractivity contribution in [1.82, 2.24) is 5.32 Å². The molecular weight excluding hydrogens is 268 g/mol. The van der Waals surface area contributed by atoms with E-state index >= 15 is 0 Å². The molecule has 1 heterocycles. The smallest absolute Gasteiger partial charge is 0.251 e. The summed E-state index contributed by atoms with van der Waals surface area (Å²) in [5.74, 6) is 0.149. The molecular formula is C16H20N2O3. The zero-order valence-corrected chi connectivity index (χ0v) is 11.9. The summed E-state index contributed by atoms with van der Waals surface area (Å²) < 4.78 is 5.47. The largest absolute Gasteiger partial charge is 0.376 e. The molecule has 0 spiro atoms. The predicted octanol–water partition coefficient (Wildman–Crippen LogP) is 1.94. The van der Waals surface area contributed by atoms with Crippen LogP contribution in [0.15, 0.2) is 24.3 Å². The Morgan fingerprint density at radius 3 is 2.52 bits per heavy atom. The van der Waals surface area contributed by atoms with Crippen LogP contribution < -0.4 is 10.6 Å². The summed E-state index contributed by atoms with van der Waals surface area (Å²) >= 11 is 0. The van der Waals surface area contributed by atoms with Crippen molar-refractivity contribution >= 4 is 17.5 Å². The molecule has 2 aliphatic rings. The average Bonchev–Trinajstić information content (AvgIpc) is 3.23. The minimum absolute atomic E-state index is 0.0746. The molecule has 5 nitrogen and oxygen atoms in total. The van der Waals surface area contributed by atoms with Gasteiger partial charge < -0.3 is 15.4 Å². The topological polar surface area (TPSA) is 67.4 Å². The molecule has 1 atom stereocenters. The summed E-state index contributed by atoms with van der Waals surface area (Å²) in [6, 6.07) is 6.99. The highest BCUT2D eigenvalue weighted by atomic mass is 16.5. The summed E-state index contributed by atoms with van der Waals surface area (Å²) in [7, 11) is 0. The maximum atomic E-state index is 12.0. The van der Waals surface area contributed by atoms with E-state index < -0.39 is 0 Å². The zero-order valence-electron chi connectivity index (χ0n) is 11.9. The molecule has 1 aromatic rings. The van der Waals surface area contributed by atoms with E-state index in [0.29, 0.717) is 12.1 Å². The van der Waals surface area contributed by atoms with Crippen LogP contribution in [-0.2, 0) is 9.53 Å². The van der Waals surface area contributed by atoms with Gasteiger partial charge in [-0.15, -0.1) is 0 Å². The van der Waals surface area contributed by atoms with Gasteiger partial charge in [0.2, 0.25) is 5.91 Å². The van der Waals surface area contributed by atoms with Gasteiger partial charge in [-0.25, -0.2) is 0 Å². The Labute approximate surface area is 124 Å². The van der Waals surface area contributed by atoms with Crippen LogP contribution in [0.1, 0.15) is 36.0 Å². The van der Waals surface area contributed by atoms with Gasteiger partial charge in [-0.05, 0) is 49.9 Å². The van der Waals surface area contributed by atoms with Crippen LogP contribution in [0, 0.1) is 5.92 Å². The number of nitrogens with one attached hydrogen (secondary N) is 2. The minimum atomic E-state index is -0.106. The van der Waals surface area contributed by atoms with Crippen molar-refractivity contribution in [2.24, 2.45) is 5.92 Å². The fraction of sp³-hybridized carbons (Fsp3) is 0.500. The van der Waals surface area contributed by atoms with Gasteiger partial charge in [-0.2, -0.15) is 0 Å². The van der Waals surface area contributed by atoms with Gasteiger partial charge in [0.25, 0.3) is 5.91 Å². The molecule has 0 radical (unpaired) electrons. The van der Waals surface area contributed by atoms with Crippen molar-refractivity contribution in [2.75, 3.05) is 18.5 Å². The molecule has 2 N–H and O–H groups in total. The van der Waals surface area contributed by atoms with Crippen molar-refractivity contribution in [2.45, 2.75) is 31.8 Å². The maximum Gasteiger partial charge on any atom is 0.251 e. The zero-order chi connectivity index (χ0) is 14.7. The van der Waals surface area contributed by atoms with E-state index in [-0.39, 0.29) is 23.8 Å². The SMILES string of the molecule is O=C(NC[C@H]1CCCO1)c1ccc(NC(=O)C2CC2)cc1. The molecule has 5 heteroatoms. The number of carbonyl (C=O) groups is 2. The molecule has 1 saturated heterocycles. The Balaban J connectivity index is 1.50. The molecule has 1 saturated carbocycles. The maximum absolute atomic E-state index is 12.0. The number of ether oxygens (including phenoxy) is 1. The standard InChI is InChI=1S/C16H20N2O3/c19-15(17-10-14-2-1-9-21-14)11-5-7-13(8-6-11)18-16(20)12-3-4-12/h5-8,12,14H,1-4,9-10H2,(H,17,19)(H,18,20)/t14-/m1/s1. The average molecular weight is 288 g/mol. The molecule has 2 amide bonds. The first kappa shape index (κ1) is 14.1. The number of carbonyl (C=O) groups excluding carboxylic acids is 2. The second-order valence-electron chi connectivity index (χ2n) is 5.69. The molecule has 1 aliphatic carbocycles. The lowest BCUT2D eigenvalue weighted by Crippen LogP contribution is -2.31.